The van der Waals surface area contributed by atoms with Crippen LogP contribution < -0.4 is 0 Å². The van der Waals surface area contributed by atoms with Crippen LogP contribution in [0.25, 0.3) is 0 Å². The summed E-state index contributed by atoms with van der Waals surface area (Å²) in [6.07, 6.45) is 11.8. The molecular formula is C22H34S. The fourth-order valence-corrected chi connectivity index (χ4v) is 3.17. The predicted octanol–water partition coefficient (Wildman–Crippen LogP) is 7.64. The van der Waals surface area contributed by atoms with Crippen LogP contribution in [0.3, 0.4) is 0 Å². The van der Waals surface area contributed by atoms with Crippen molar-refractivity contribution in [2.24, 2.45) is 5.92 Å². The second-order valence-electron chi connectivity index (χ2n) is 5.95. The van der Waals surface area contributed by atoms with E-state index in [1.807, 2.05) is 0 Å². The van der Waals surface area contributed by atoms with Crippen LogP contribution in [0, 0.1) is 5.92 Å². The summed E-state index contributed by atoms with van der Waals surface area (Å²) in [6.45, 7) is 22.9. The molecule has 0 aromatic rings. The van der Waals surface area contributed by atoms with Gasteiger partial charge < -0.3 is 0 Å². The first-order valence-electron chi connectivity index (χ1n) is 8.56. The molecule has 0 aliphatic carbocycles. The van der Waals surface area contributed by atoms with Crippen LogP contribution in [0.4, 0.5) is 0 Å². The summed E-state index contributed by atoms with van der Waals surface area (Å²) < 4.78 is 0. The van der Waals surface area contributed by atoms with Crippen molar-refractivity contribution in [1.29, 1.82) is 0 Å². The Bertz CT molecular complexity index is 500. The van der Waals surface area contributed by atoms with E-state index in [1.165, 1.54) is 16.7 Å². The Morgan fingerprint density at radius 2 is 1.87 bits per heavy atom. The highest BCUT2D eigenvalue weighted by Crippen LogP contribution is 2.30. The highest BCUT2D eigenvalue weighted by atomic mass is 32.2. The minimum Gasteiger partial charge on any atom is -0.126 e. The van der Waals surface area contributed by atoms with Gasteiger partial charge in [0.1, 0.15) is 0 Å². The summed E-state index contributed by atoms with van der Waals surface area (Å²) in [4.78, 5) is 1.03. The standard InChI is InChI=1S/C22H34S/c1-9-13-21(14-10-2)22(19(7)12-4)15-17(5)16-23-20(8)18(6)11-3/h9,11,13-14,17H,3,6,8,10,12,15-16H2,1-2,4-5,7H3/b13-9-,21-14+,22-19?/t17-/m1/s1. The zero-order valence-electron chi connectivity index (χ0n) is 15.7. The van der Waals surface area contributed by atoms with Crippen molar-refractivity contribution in [2.45, 2.75) is 53.9 Å². The number of thioether (sulfide) groups is 1. The third-order valence-corrected chi connectivity index (χ3v) is 5.21. The molecule has 128 valence electrons. The lowest BCUT2D eigenvalue weighted by molar-refractivity contribution is 0.653. The maximum Gasteiger partial charge on any atom is 0.00664 e. The van der Waals surface area contributed by atoms with Gasteiger partial charge in [0, 0.05) is 10.7 Å². The largest absolute Gasteiger partial charge is 0.126 e. The Kier molecular flexibility index (Phi) is 11.6. The molecule has 0 aromatic heterocycles. The zero-order valence-corrected chi connectivity index (χ0v) is 16.6. The van der Waals surface area contributed by atoms with Crippen molar-refractivity contribution < 1.29 is 0 Å². The summed E-state index contributed by atoms with van der Waals surface area (Å²) in [5.41, 5.74) is 5.33. The van der Waals surface area contributed by atoms with E-state index in [2.05, 4.69) is 72.6 Å². The van der Waals surface area contributed by atoms with Gasteiger partial charge in [0.15, 0.2) is 0 Å². The molecule has 0 bridgehead atoms. The lowest BCUT2D eigenvalue weighted by atomic mass is 9.90. The number of rotatable bonds is 11. The lowest BCUT2D eigenvalue weighted by Crippen LogP contribution is -2.04. The van der Waals surface area contributed by atoms with Gasteiger partial charge >= 0.3 is 0 Å². The highest BCUT2D eigenvalue weighted by molar-refractivity contribution is 8.03. The van der Waals surface area contributed by atoms with E-state index in [9.17, 15) is 0 Å². The Morgan fingerprint density at radius 1 is 1.22 bits per heavy atom. The minimum absolute atomic E-state index is 0.594. The average molecular weight is 331 g/mol. The van der Waals surface area contributed by atoms with Crippen LogP contribution in [-0.2, 0) is 0 Å². The molecular weight excluding hydrogens is 296 g/mol. The first kappa shape index (κ1) is 21.8. The molecule has 0 aliphatic heterocycles. The first-order chi connectivity index (χ1) is 10.9. The molecule has 0 N–H and O–H groups in total. The summed E-state index contributed by atoms with van der Waals surface area (Å²) in [5.74, 6) is 1.65. The van der Waals surface area contributed by atoms with Gasteiger partial charge in [0.2, 0.25) is 0 Å². The molecule has 0 nitrogen and oxygen atoms in total. The van der Waals surface area contributed by atoms with Crippen molar-refractivity contribution in [3.05, 3.63) is 71.2 Å². The van der Waals surface area contributed by atoms with Crippen LogP contribution in [0.1, 0.15) is 53.9 Å². The quantitative estimate of drug-likeness (QED) is 0.351. The zero-order chi connectivity index (χ0) is 17.8. The van der Waals surface area contributed by atoms with Crippen molar-refractivity contribution in [1.82, 2.24) is 0 Å². The van der Waals surface area contributed by atoms with Crippen LogP contribution in [0.2, 0.25) is 0 Å². The van der Waals surface area contributed by atoms with E-state index in [-0.39, 0.29) is 0 Å². The van der Waals surface area contributed by atoms with Crippen LogP contribution in [0.15, 0.2) is 71.2 Å². The van der Waals surface area contributed by atoms with Gasteiger partial charge in [-0.1, -0.05) is 70.4 Å². The fraction of sp³-hybridized carbons (Fsp3) is 0.455. The summed E-state index contributed by atoms with van der Waals surface area (Å²) in [7, 11) is 0. The van der Waals surface area contributed by atoms with Gasteiger partial charge in [-0.3, -0.25) is 0 Å². The van der Waals surface area contributed by atoms with Crippen molar-refractivity contribution in [2.75, 3.05) is 5.75 Å². The summed E-state index contributed by atoms with van der Waals surface area (Å²) in [6, 6.07) is 0. The molecule has 0 radical (unpaired) electrons. The minimum atomic E-state index is 0.594. The topological polar surface area (TPSA) is 0 Å². The Labute approximate surface area is 148 Å². The molecule has 23 heavy (non-hydrogen) atoms. The third kappa shape index (κ3) is 8.27. The van der Waals surface area contributed by atoms with Crippen LogP contribution in [0.5, 0.6) is 0 Å². The lowest BCUT2D eigenvalue weighted by Gasteiger charge is -2.18. The summed E-state index contributed by atoms with van der Waals surface area (Å²) in [5, 5.41) is 0. The second-order valence-corrected chi connectivity index (χ2v) is 7.07. The number of hydrogen-bond acceptors (Lipinski definition) is 1. The van der Waals surface area contributed by atoms with E-state index in [0.29, 0.717) is 5.92 Å². The van der Waals surface area contributed by atoms with Crippen LogP contribution >= 0.6 is 11.8 Å². The molecule has 0 aromatic carbocycles. The molecule has 0 saturated heterocycles. The molecule has 0 unspecified atom stereocenters. The van der Waals surface area contributed by atoms with E-state index in [4.69, 9.17) is 0 Å². The Balaban J connectivity index is 5.06. The normalized spacial score (nSPS) is 14.6. The van der Waals surface area contributed by atoms with Crippen molar-refractivity contribution in [3.63, 3.8) is 0 Å². The smallest absolute Gasteiger partial charge is 0.00664 e. The molecule has 0 heterocycles. The monoisotopic (exact) mass is 330 g/mol. The van der Waals surface area contributed by atoms with Crippen LogP contribution in [-0.4, -0.2) is 5.75 Å². The van der Waals surface area contributed by atoms with Gasteiger partial charge in [0.25, 0.3) is 0 Å². The van der Waals surface area contributed by atoms with Gasteiger partial charge in [-0.15, -0.1) is 11.8 Å². The molecule has 0 aliphatic rings. The molecule has 0 saturated carbocycles. The molecule has 1 atom stereocenters. The van der Waals surface area contributed by atoms with Gasteiger partial charge in [-0.2, -0.15) is 0 Å². The van der Waals surface area contributed by atoms with Gasteiger partial charge in [-0.25, -0.2) is 0 Å². The van der Waals surface area contributed by atoms with Gasteiger partial charge in [-0.05, 0) is 55.7 Å². The maximum atomic E-state index is 4.08. The molecule has 1 heteroatoms. The van der Waals surface area contributed by atoms with E-state index in [1.54, 1.807) is 17.8 Å². The van der Waals surface area contributed by atoms with E-state index in [0.717, 1.165) is 35.5 Å². The van der Waals surface area contributed by atoms with Crippen molar-refractivity contribution >= 4 is 11.8 Å². The first-order valence-corrected chi connectivity index (χ1v) is 9.54. The van der Waals surface area contributed by atoms with Crippen molar-refractivity contribution in [3.8, 4) is 0 Å². The fourth-order valence-electron chi connectivity index (χ4n) is 2.30. The van der Waals surface area contributed by atoms with E-state index < -0.39 is 0 Å². The SMILES string of the molecule is C=CC(=C)C(=C)SC[C@H](C)CC(=C(C)CC)C(/C=C\C)=C/CC. The second kappa shape index (κ2) is 12.2. The third-order valence-electron chi connectivity index (χ3n) is 3.86. The Hall–Kier alpha value is -1.21. The average Bonchev–Trinajstić information content (AvgIpc) is 2.55. The van der Waals surface area contributed by atoms with E-state index >= 15 is 0 Å². The van der Waals surface area contributed by atoms with Gasteiger partial charge in [0.05, 0.1) is 0 Å². The highest BCUT2D eigenvalue weighted by Gasteiger charge is 2.12. The molecule has 0 amide bonds. The number of allylic oxidation sites excluding steroid dienone is 8. The molecule has 0 spiro atoms. The maximum absolute atomic E-state index is 4.08. The predicted molar refractivity (Wildman–Crippen MR) is 111 cm³/mol. The molecule has 0 fully saturated rings. The summed E-state index contributed by atoms with van der Waals surface area (Å²) >= 11 is 1.79. The number of hydrogen-bond donors (Lipinski definition) is 0. The Morgan fingerprint density at radius 3 is 2.35 bits per heavy atom. The molecule has 0 rings (SSSR count).